The van der Waals surface area contributed by atoms with Gasteiger partial charge < -0.3 is 5.11 Å². The van der Waals surface area contributed by atoms with Gasteiger partial charge in [-0.25, -0.2) is 9.78 Å². The normalized spacial score (nSPS) is 16.7. The van der Waals surface area contributed by atoms with E-state index >= 15 is 0 Å². The number of carboxylic acids is 1. The molecule has 0 spiro atoms. The van der Waals surface area contributed by atoms with Crippen molar-refractivity contribution >= 4 is 27.5 Å². The second kappa shape index (κ2) is 6.33. The summed E-state index contributed by atoms with van der Waals surface area (Å²) >= 11 is 1.76. The van der Waals surface area contributed by atoms with Gasteiger partial charge in [0.1, 0.15) is 5.01 Å². The molecular weight excluding hydrogens is 324 g/mol. The molecule has 1 fully saturated rings. The lowest BCUT2D eigenvalue weighted by Crippen LogP contribution is -2.34. The number of rotatable bonds is 4. The molecule has 3 heterocycles. The van der Waals surface area contributed by atoms with E-state index in [4.69, 9.17) is 10.1 Å². The zero-order valence-corrected chi connectivity index (χ0v) is 13.9. The summed E-state index contributed by atoms with van der Waals surface area (Å²) in [7, 11) is 0. The average Bonchev–Trinajstić information content (AvgIpc) is 3.22. The van der Waals surface area contributed by atoms with Gasteiger partial charge in [0.05, 0.1) is 22.8 Å². The SMILES string of the molecule is O=C(O)c1ccn(C2CCN(Cc3nc4ccccc4s3)CC2)n1. The minimum absolute atomic E-state index is 0.118. The number of hydrogen-bond donors (Lipinski definition) is 1. The van der Waals surface area contributed by atoms with E-state index in [1.807, 2.05) is 12.1 Å². The van der Waals surface area contributed by atoms with Crippen LogP contribution in [0.2, 0.25) is 0 Å². The zero-order chi connectivity index (χ0) is 16.5. The molecule has 6 nitrogen and oxygen atoms in total. The monoisotopic (exact) mass is 342 g/mol. The maximum Gasteiger partial charge on any atom is 0.356 e. The summed E-state index contributed by atoms with van der Waals surface area (Å²) < 4.78 is 3.04. The first-order chi connectivity index (χ1) is 11.7. The van der Waals surface area contributed by atoms with Crippen molar-refractivity contribution in [3.8, 4) is 0 Å². The molecule has 24 heavy (non-hydrogen) atoms. The van der Waals surface area contributed by atoms with Gasteiger partial charge in [0.15, 0.2) is 5.69 Å². The van der Waals surface area contributed by atoms with E-state index in [-0.39, 0.29) is 11.7 Å². The third kappa shape index (κ3) is 3.05. The van der Waals surface area contributed by atoms with E-state index in [9.17, 15) is 4.79 Å². The highest BCUT2D eigenvalue weighted by atomic mass is 32.1. The second-order valence-electron chi connectivity index (χ2n) is 6.07. The van der Waals surface area contributed by atoms with Crippen molar-refractivity contribution in [2.24, 2.45) is 0 Å². The Morgan fingerprint density at radius 1 is 1.25 bits per heavy atom. The first-order valence-electron chi connectivity index (χ1n) is 8.04. The minimum Gasteiger partial charge on any atom is -0.476 e. The highest BCUT2D eigenvalue weighted by Crippen LogP contribution is 2.26. The topological polar surface area (TPSA) is 71.2 Å². The molecule has 1 aliphatic heterocycles. The number of hydrogen-bond acceptors (Lipinski definition) is 5. The van der Waals surface area contributed by atoms with Crippen LogP contribution in [0.3, 0.4) is 0 Å². The molecule has 0 atom stereocenters. The molecule has 1 aliphatic rings. The standard InChI is InChI=1S/C17H18N4O2S/c22-17(23)14-7-10-21(19-14)12-5-8-20(9-6-12)11-16-18-13-3-1-2-4-15(13)24-16/h1-4,7,10,12H,5-6,8-9,11H2,(H,22,23). The van der Waals surface area contributed by atoms with Crippen LogP contribution in [0.15, 0.2) is 36.5 Å². The molecule has 0 amide bonds. The van der Waals surface area contributed by atoms with Crippen molar-refractivity contribution in [2.75, 3.05) is 13.1 Å². The summed E-state index contributed by atoms with van der Waals surface area (Å²) in [5, 5.41) is 14.3. The van der Waals surface area contributed by atoms with E-state index in [1.54, 1.807) is 28.3 Å². The third-order valence-corrected chi connectivity index (χ3v) is 5.48. The Morgan fingerprint density at radius 2 is 2.04 bits per heavy atom. The Balaban J connectivity index is 1.37. The van der Waals surface area contributed by atoms with Gasteiger partial charge in [-0.1, -0.05) is 12.1 Å². The molecule has 0 aliphatic carbocycles. The molecule has 1 N–H and O–H groups in total. The van der Waals surface area contributed by atoms with Crippen LogP contribution in [0.5, 0.6) is 0 Å². The van der Waals surface area contributed by atoms with E-state index in [2.05, 4.69) is 22.1 Å². The fourth-order valence-corrected chi connectivity index (χ4v) is 4.19. The number of para-hydroxylation sites is 1. The van der Waals surface area contributed by atoms with Crippen molar-refractivity contribution in [3.63, 3.8) is 0 Å². The number of thiazole rings is 1. The number of carbonyl (C=O) groups is 1. The first-order valence-corrected chi connectivity index (χ1v) is 8.86. The molecule has 2 aromatic heterocycles. The Kier molecular flexibility index (Phi) is 4.03. The van der Waals surface area contributed by atoms with E-state index in [0.29, 0.717) is 0 Å². The van der Waals surface area contributed by atoms with E-state index < -0.39 is 5.97 Å². The van der Waals surface area contributed by atoms with Crippen LogP contribution in [-0.2, 0) is 6.54 Å². The predicted molar refractivity (Wildman–Crippen MR) is 92.4 cm³/mol. The molecule has 7 heteroatoms. The van der Waals surface area contributed by atoms with Gasteiger partial charge in [-0.2, -0.15) is 5.10 Å². The van der Waals surface area contributed by atoms with Crippen LogP contribution in [-0.4, -0.2) is 43.8 Å². The Morgan fingerprint density at radius 3 is 2.75 bits per heavy atom. The van der Waals surface area contributed by atoms with Gasteiger partial charge in [-0.3, -0.25) is 9.58 Å². The lowest BCUT2D eigenvalue weighted by molar-refractivity contribution is 0.0688. The molecule has 1 aromatic carbocycles. The highest BCUT2D eigenvalue weighted by molar-refractivity contribution is 7.18. The Bertz CT molecular complexity index is 831. The number of likely N-dealkylation sites (tertiary alicyclic amines) is 1. The van der Waals surface area contributed by atoms with Crippen LogP contribution in [0.4, 0.5) is 0 Å². The number of fused-ring (bicyclic) bond motifs is 1. The van der Waals surface area contributed by atoms with Crippen molar-refractivity contribution in [1.29, 1.82) is 0 Å². The van der Waals surface area contributed by atoms with Crippen LogP contribution < -0.4 is 0 Å². The maximum absolute atomic E-state index is 10.9. The second-order valence-corrected chi connectivity index (χ2v) is 7.18. The number of carboxylic acid groups (broad SMARTS) is 1. The summed E-state index contributed by atoms with van der Waals surface area (Å²) in [6.45, 7) is 2.83. The summed E-state index contributed by atoms with van der Waals surface area (Å²) in [5.41, 5.74) is 1.19. The molecule has 0 bridgehead atoms. The third-order valence-electron chi connectivity index (χ3n) is 4.46. The van der Waals surface area contributed by atoms with Crippen molar-refractivity contribution in [2.45, 2.75) is 25.4 Å². The predicted octanol–water partition coefficient (Wildman–Crippen LogP) is 3.03. The highest BCUT2D eigenvalue weighted by Gasteiger charge is 2.22. The average molecular weight is 342 g/mol. The van der Waals surface area contributed by atoms with Crippen LogP contribution in [0.1, 0.15) is 34.4 Å². The van der Waals surface area contributed by atoms with Crippen molar-refractivity contribution < 1.29 is 9.90 Å². The summed E-state index contributed by atoms with van der Waals surface area (Å²) in [6, 6.07) is 10.1. The van der Waals surface area contributed by atoms with Crippen molar-refractivity contribution in [1.82, 2.24) is 19.7 Å². The fraction of sp³-hybridized carbons (Fsp3) is 0.353. The van der Waals surface area contributed by atoms with Gasteiger partial charge in [-0.15, -0.1) is 11.3 Å². The van der Waals surface area contributed by atoms with Gasteiger partial charge in [0.2, 0.25) is 0 Å². The summed E-state index contributed by atoms with van der Waals surface area (Å²) in [5.74, 6) is -0.970. The molecular formula is C17H18N4O2S. The molecule has 0 unspecified atom stereocenters. The Hall–Kier alpha value is -2.25. The molecule has 0 saturated carbocycles. The van der Waals surface area contributed by atoms with E-state index in [1.165, 1.54) is 4.70 Å². The number of piperidine rings is 1. The van der Waals surface area contributed by atoms with Crippen LogP contribution in [0, 0.1) is 0 Å². The molecule has 1 saturated heterocycles. The number of aromatic nitrogens is 3. The lowest BCUT2D eigenvalue weighted by Gasteiger charge is -2.31. The smallest absolute Gasteiger partial charge is 0.356 e. The largest absolute Gasteiger partial charge is 0.476 e. The molecule has 124 valence electrons. The first kappa shape index (κ1) is 15.3. The number of nitrogens with zero attached hydrogens (tertiary/aromatic N) is 4. The van der Waals surface area contributed by atoms with Gasteiger partial charge >= 0.3 is 5.97 Å². The number of aromatic carboxylic acids is 1. The molecule has 3 aromatic rings. The fourth-order valence-electron chi connectivity index (χ4n) is 3.18. The van der Waals surface area contributed by atoms with Gasteiger partial charge in [0.25, 0.3) is 0 Å². The van der Waals surface area contributed by atoms with Gasteiger partial charge in [-0.05, 0) is 31.0 Å². The maximum atomic E-state index is 10.9. The Labute approximate surface area is 143 Å². The van der Waals surface area contributed by atoms with Crippen LogP contribution in [0.25, 0.3) is 10.2 Å². The van der Waals surface area contributed by atoms with Crippen LogP contribution >= 0.6 is 11.3 Å². The summed E-state index contributed by atoms with van der Waals surface area (Å²) in [6.07, 6.45) is 3.73. The number of benzene rings is 1. The van der Waals surface area contributed by atoms with Gasteiger partial charge in [0, 0.05) is 19.3 Å². The zero-order valence-electron chi connectivity index (χ0n) is 13.1. The van der Waals surface area contributed by atoms with E-state index in [0.717, 1.165) is 43.0 Å². The molecule has 0 radical (unpaired) electrons. The minimum atomic E-state index is -0.970. The lowest BCUT2D eigenvalue weighted by atomic mass is 10.1. The quantitative estimate of drug-likeness (QED) is 0.789. The van der Waals surface area contributed by atoms with Crippen molar-refractivity contribution in [3.05, 3.63) is 47.2 Å². The molecule has 4 rings (SSSR count). The summed E-state index contributed by atoms with van der Waals surface area (Å²) in [4.78, 5) is 18.0.